The van der Waals surface area contributed by atoms with Crippen molar-refractivity contribution < 1.29 is 4.79 Å². The first-order valence-corrected chi connectivity index (χ1v) is 10.1. The molecule has 2 aromatic rings. The number of hydrogen-bond donors (Lipinski definition) is 1. The van der Waals surface area contributed by atoms with Crippen LogP contribution in [0.1, 0.15) is 30.8 Å². The lowest BCUT2D eigenvalue weighted by Gasteiger charge is -2.49. The number of carbonyl (C=O) groups is 1. The fraction of sp³-hybridized carbons (Fsp3) is 0.500. The van der Waals surface area contributed by atoms with Gasteiger partial charge in [-0.05, 0) is 32.9 Å². The van der Waals surface area contributed by atoms with Crippen LogP contribution in [0.15, 0.2) is 36.4 Å². The fourth-order valence-electron chi connectivity index (χ4n) is 4.47. The fourth-order valence-corrected chi connectivity index (χ4v) is 4.47. The van der Waals surface area contributed by atoms with Crippen molar-refractivity contribution >= 4 is 5.91 Å². The van der Waals surface area contributed by atoms with Crippen LogP contribution in [0.25, 0.3) is 11.3 Å². The zero-order chi connectivity index (χ0) is 19.6. The summed E-state index contributed by atoms with van der Waals surface area (Å²) in [6.07, 6.45) is 2.52. The van der Waals surface area contributed by atoms with Crippen LogP contribution in [0.2, 0.25) is 0 Å². The summed E-state index contributed by atoms with van der Waals surface area (Å²) in [6.45, 7) is 6.50. The average Bonchev–Trinajstić information content (AvgIpc) is 2.87. The van der Waals surface area contributed by atoms with Gasteiger partial charge < -0.3 is 5.32 Å². The van der Waals surface area contributed by atoms with Crippen molar-refractivity contribution in [2.24, 2.45) is 0 Å². The maximum absolute atomic E-state index is 11.8. The number of amides is 1. The highest BCUT2D eigenvalue weighted by atomic mass is 16.1. The van der Waals surface area contributed by atoms with Gasteiger partial charge in [-0.25, -0.2) is 9.97 Å². The van der Waals surface area contributed by atoms with Crippen LogP contribution in [-0.4, -0.2) is 64.4 Å². The molecule has 1 aromatic heterocycles. The normalized spacial score (nSPS) is 24.1. The summed E-state index contributed by atoms with van der Waals surface area (Å²) >= 11 is 0. The predicted octanol–water partition coefficient (Wildman–Crippen LogP) is 2.24. The molecule has 2 aliphatic heterocycles. The highest BCUT2D eigenvalue weighted by Gasteiger charge is 2.40. The predicted molar refractivity (Wildman–Crippen MR) is 110 cm³/mol. The Bertz CT molecular complexity index is 840. The second kappa shape index (κ2) is 7.97. The summed E-state index contributed by atoms with van der Waals surface area (Å²) < 4.78 is 0. The number of aryl methyl sites for hydroxylation is 1. The van der Waals surface area contributed by atoms with E-state index in [1.165, 1.54) is 0 Å². The zero-order valence-electron chi connectivity index (χ0n) is 16.8. The van der Waals surface area contributed by atoms with Crippen LogP contribution in [0.5, 0.6) is 0 Å². The molecule has 0 bridgehead atoms. The van der Waals surface area contributed by atoms with E-state index in [4.69, 9.17) is 9.97 Å². The van der Waals surface area contributed by atoms with E-state index in [9.17, 15) is 4.79 Å². The molecule has 148 valence electrons. The number of rotatable bonds is 3. The van der Waals surface area contributed by atoms with Gasteiger partial charge in [0.1, 0.15) is 5.82 Å². The highest BCUT2D eigenvalue weighted by Crippen LogP contribution is 2.31. The second-order valence-electron chi connectivity index (χ2n) is 8.13. The van der Waals surface area contributed by atoms with Gasteiger partial charge in [-0.1, -0.05) is 30.3 Å². The van der Waals surface area contributed by atoms with E-state index in [0.717, 1.165) is 68.3 Å². The Morgan fingerprint density at radius 2 is 1.96 bits per heavy atom. The third-order valence-corrected chi connectivity index (χ3v) is 6.14. The molecule has 1 N–H and O–H groups in total. The molecule has 0 radical (unpaired) electrons. The molecular weight excluding hydrogens is 350 g/mol. The third kappa shape index (κ3) is 4.08. The summed E-state index contributed by atoms with van der Waals surface area (Å²) in [5.74, 6) is 1.05. The molecule has 6 nitrogen and oxygen atoms in total. The van der Waals surface area contributed by atoms with Crippen molar-refractivity contribution in [3.63, 3.8) is 0 Å². The molecule has 4 rings (SSSR count). The first-order chi connectivity index (χ1) is 13.5. The van der Waals surface area contributed by atoms with Crippen LogP contribution in [-0.2, 0) is 11.3 Å². The van der Waals surface area contributed by atoms with E-state index in [0.29, 0.717) is 6.42 Å². The maximum Gasteiger partial charge on any atom is 0.220 e. The van der Waals surface area contributed by atoms with Crippen molar-refractivity contribution in [3.8, 4) is 11.3 Å². The Kier molecular flexibility index (Phi) is 5.42. The summed E-state index contributed by atoms with van der Waals surface area (Å²) in [5, 5.41) is 3.03. The van der Waals surface area contributed by atoms with Crippen LogP contribution in [0.4, 0.5) is 0 Å². The molecule has 2 aliphatic rings. The van der Waals surface area contributed by atoms with Gasteiger partial charge in [-0.15, -0.1) is 0 Å². The van der Waals surface area contributed by atoms with Gasteiger partial charge in [-0.3, -0.25) is 14.6 Å². The monoisotopic (exact) mass is 379 g/mol. The van der Waals surface area contributed by atoms with Crippen molar-refractivity contribution in [1.29, 1.82) is 0 Å². The van der Waals surface area contributed by atoms with Gasteiger partial charge in [0, 0.05) is 49.4 Å². The number of hydrogen-bond acceptors (Lipinski definition) is 5. The van der Waals surface area contributed by atoms with Gasteiger partial charge in [0.15, 0.2) is 0 Å². The third-order valence-electron chi connectivity index (χ3n) is 6.14. The van der Waals surface area contributed by atoms with Crippen molar-refractivity contribution in [2.45, 2.75) is 38.3 Å². The lowest BCUT2D eigenvalue weighted by molar-refractivity contribution is -0.121. The van der Waals surface area contributed by atoms with Crippen molar-refractivity contribution in [1.82, 2.24) is 25.1 Å². The topological polar surface area (TPSA) is 61.4 Å². The Labute approximate surface area is 167 Å². The van der Waals surface area contributed by atoms with E-state index in [1.807, 2.05) is 31.2 Å². The number of likely N-dealkylation sites (N-methyl/N-ethyl adjacent to an activating group) is 1. The van der Waals surface area contributed by atoms with E-state index < -0.39 is 0 Å². The van der Waals surface area contributed by atoms with Crippen molar-refractivity contribution in [3.05, 3.63) is 47.9 Å². The number of aromatic nitrogens is 2. The summed E-state index contributed by atoms with van der Waals surface area (Å²) in [6, 6.07) is 12.3. The molecule has 2 fully saturated rings. The molecule has 0 aliphatic carbocycles. The SMILES string of the molecule is Cc1cc(-c2ccccc2)nc(CN2CCN(C)[C@@]3(CCNC(=O)CC3)C2)n1. The molecule has 6 heteroatoms. The first kappa shape index (κ1) is 19.0. The average molecular weight is 380 g/mol. The van der Waals surface area contributed by atoms with Crippen molar-refractivity contribution in [2.75, 3.05) is 33.2 Å². The summed E-state index contributed by atoms with van der Waals surface area (Å²) in [7, 11) is 2.20. The quantitative estimate of drug-likeness (QED) is 0.886. The van der Waals surface area contributed by atoms with E-state index in [-0.39, 0.29) is 11.4 Å². The van der Waals surface area contributed by atoms with Crippen LogP contribution < -0.4 is 5.32 Å². The van der Waals surface area contributed by atoms with Gasteiger partial charge >= 0.3 is 0 Å². The Hall–Kier alpha value is -2.31. The molecule has 0 unspecified atom stereocenters. The lowest BCUT2D eigenvalue weighted by atomic mass is 9.86. The van der Waals surface area contributed by atoms with E-state index in [2.05, 4.69) is 34.3 Å². The summed E-state index contributed by atoms with van der Waals surface area (Å²) in [5.41, 5.74) is 3.16. The number of piperazine rings is 1. The highest BCUT2D eigenvalue weighted by molar-refractivity contribution is 5.76. The minimum Gasteiger partial charge on any atom is -0.356 e. The van der Waals surface area contributed by atoms with Crippen LogP contribution >= 0.6 is 0 Å². The van der Waals surface area contributed by atoms with Crippen LogP contribution in [0.3, 0.4) is 0 Å². The molecule has 0 saturated carbocycles. The number of benzene rings is 1. The van der Waals surface area contributed by atoms with Gasteiger partial charge in [0.2, 0.25) is 5.91 Å². The molecule has 1 amide bonds. The number of nitrogens with zero attached hydrogens (tertiary/aromatic N) is 4. The Morgan fingerprint density at radius 1 is 1.14 bits per heavy atom. The van der Waals surface area contributed by atoms with Crippen LogP contribution in [0, 0.1) is 6.92 Å². The smallest absolute Gasteiger partial charge is 0.220 e. The molecule has 1 spiro atoms. The number of nitrogens with one attached hydrogen (secondary N) is 1. The Balaban J connectivity index is 1.53. The minimum absolute atomic E-state index is 0.0590. The molecule has 2 saturated heterocycles. The molecule has 3 heterocycles. The summed E-state index contributed by atoms with van der Waals surface area (Å²) in [4.78, 5) is 26.3. The van der Waals surface area contributed by atoms with Gasteiger partial charge in [0.05, 0.1) is 12.2 Å². The molecular formula is C22H29N5O. The Morgan fingerprint density at radius 3 is 2.79 bits per heavy atom. The van der Waals surface area contributed by atoms with E-state index >= 15 is 0 Å². The van der Waals surface area contributed by atoms with Gasteiger partial charge in [-0.2, -0.15) is 0 Å². The lowest BCUT2D eigenvalue weighted by Crippen LogP contribution is -2.60. The standard InChI is InChI=1S/C22H29N5O/c1-17-14-19(18-6-4-3-5-7-18)25-20(24-17)15-27-13-12-26(2)22(16-27)9-8-21(28)23-11-10-22/h3-7,14H,8-13,15-16H2,1-2H3,(H,23,28)/t22-/m0/s1. The van der Waals surface area contributed by atoms with E-state index in [1.54, 1.807) is 0 Å². The zero-order valence-corrected chi connectivity index (χ0v) is 16.8. The minimum atomic E-state index is 0.0590. The maximum atomic E-state index is 11.8. The first-order valence-electron chi connectivity index (χ1n) is 10.1. The second-order valence-corrected chi connectivity index (χ2v) is 8.13. The molecule has 1 atom stereocenters. The van der Waals surface area contributed by atoms with Gasteiger partial charge in [0.25, 0.3) is 0 Å². The molecule has 1 aromatic carbocycles. The number of carbonyl (C=O) groups excluding carboxylic acids is 1. The molecule has 28 heavy (non-hydrogen) atoms. The largest absolute Gasteiger partial charge is 0.356 e.